The zero-order valence-corrected chi connectivity index (χ0v) is 29.0. The van der Waals surface area contributed by atoms with Crippen molar-refractivity contribution in [2.45, 2.75) is 126 Å². The fraction of sp³-hybridized carbons (Fsp3) is 0.765. The van der Waals surface area contributed by atoms with Gasteiger partial charge >= 0.3 is 23.9 Å². The molecule has 0 heterocycles. The van der Waals surface area contributed by atoms with Gasteiger partial charge in [-0.25, -0.2) is 0 Å². The number of hydrogen-bond donors (Lipinski definition) is 0. The average molecular weight is 655 g/mol. The predicted octanol–water partition coefficient (Wildman–Crippen LogP) is 4.85. The van der Waals surface area contributed by atoms with Gasteiger partial charge in [0.05, 0.1) is 37.3 Å². The quantitative estimate of drug-likeness (QED) is 0.0745. The summed E-state index contributed by atoms with van der Waals surface area (Å²) in [5.74, 6) is -4.16. The van der Waals surface area contributed by atoms with Crippen molar-refractivity contribution in [3.63, 3.8) is 0 Å². The van der Waals surface area contributed by atoms with Crippen molar-refractivity contribution >= 4 is 47.0 Å². The molecule has 0 saturated heterocycles. The molecule has 0 saturated carbocycles. The monoisotopic (exact) mass is 654 g/mol. The van der Waals surface area contributed by atoms with Gasteiger partial charge in [0.2, 0.25) is 0 Å². The highest BCUT2D eigenvalue weighted by Gasteiger charge is 2.42. The highest BCUT2D eigenvalue weighted by atomic mass is 16.6. The van der Waals surface area contributed by atoms with E-state index in [1.165, 1.54) is 27.7 Å². The molecular formula is C34H54O12. The molecule has 0 radical (unpaired) electrons. The normalized spacial score (nSPS) is 11.7. The molecule has 12 nitrogen and oxygen atoms in total. The Balaban J connectivity index is 5.42. The van der Waals surface area contributed by atoms with Gasteiger partial charge in [-0.1, -0.05) is 26.7 Å². The number of carbonyl (C=O) groups excluding carboxylic acids is 8. The Morgan fingerprint density at radius 2 is 0.739 bits per heavy atom. The molecule has 0 aromatic carbocycles. The summed E-state index contributed by atoms with van der Waals surface area (Å²) in [7, 11) is 0. The SMILES string of the molecule is CCCCC(C)(COC(=O)CCC(CCC(=O)OCC)(C(C)=O)C(C)=O)COC(=O)CCC(CCC(=O)OCC)(C(C)=O)C(C)=O. The van der Waals surface area contributed by atoms with Gasteiger partial charge in [-0.2, -0.15) is 0 Å². The molecule has 0 aromatic rings. The molecule has 12 heteroatoms. The maximum absolute atomic E-state index is 12.8. The molecule has 0 aliphatic rings. The highest BCUT2D eigenvalue weighted by Crippen LogP contribution is 2.35. The number of ketones is 4. The van der Waals surface area contributed by atoms with E-state index < -0.39 is 63.3 Å². The third-order valence-electron chi connectivity index (χ3n) is 8.63. The van der Waals surface area contributed by atoms with Crippen molar-refractivity contribution in [1.29, 1.82) is 0 Å². The molecule has 262 valence electrons. The van der Waals surface area contributed by atoms with Crippen LogP contribution < -0.4 is 0 Å². The van der Waals surface area contributed by atoms with Crippen molar-refractivity contribution in [3.05, 3.63) is 0 Å². The Morgan fingerprint density at radius 1 is 0.457 bits per heavy atom. The second-order valence-corrected chi connectivity index (χ2v) is 12.2. The van der Waals surface area contributed by atoms with Crippen LogP contribution in [0.3, 0.4) is 0 Å². The van der Waals surface area contributed by atoms with Crippen LogP contribution in [0.25, 0.3) is 0 Å². The first kappa shape index (κ1) is 42.6. The molecule has 0 bridgehead atoms. The summed E-state index contributed by atoms with van der Waals surface area (Å²) in [6.45, 7) is 12.2. The summed E-state index contributed by atoms with van der Waals surface area (Å²) in [5.41, 5.74) is -3.79. The first-order chi connectivity index (χ1) is 21.4. The van der Waals surface area contributed by atoms with Crippen LogP contribution in [-0.4, -0.2) is 73.4 Å². The lowest BCUT2D eigenvalue weighted by Crippen LogP contribution is -2.38. The number of carbonyl (C=O) groups is 8. The first-order valence-corrected chi connectivity index (χ1v) is 16.1. The van der Waals surface area contributed by atoms with Crippen molar-refractivity contribution in [1.82, 2.24) is 0 Å². The molecule has 0 unspecified atom stereocenters. The molecule has 0 amide bonds. The lowest BCUT2D eigenvalue weighted by atomic mass is 9.73. The van der Waals surface area contributed by atoms with Gasteiger partial charge in [0.25, 0.3) is 0 Å². The lowest BCUT2D eigenvalue weighted by molar-refractivity contribution is -0.154. The smallest absolute Gasteiger partial charge is 0.305 e. The highest BCUT2D eigenvalue weighted by molar-refractivity contribution is 6.06. The summed E-state index contributed by atoms with van der Waals surface area (Å²) >= 11 is 0. The number of Topliss-reactive ketones (excluding diaryl/α,β-unsaturated/α-hetero) is 4. The zero-order valence-electron chi connectivity index (χ0n) is 29.0. The Morgan fingerprint density at radius 3 is 0.978 bits per heavy atom. The maximum atomic E-state index is 12.8. The lowest BCUT2D eigenvalue weighted by Gasteiger charge is -2.30. The minimum atomic E-state index is -1.52. The van der Waals surface area contributed by atoms with E-state index in [0.717, 1.165) is 12.8 Å². The molecule has 0 aliphatic heterocycles. The molecule has 46 heavy (non-hydrogen) atoms. The van der Waals surface area contributed by atoms with E-state index in [2.05, 4.69) is 0 Å². The van der Waals surface area contributed by atoms with Crippen LogP contribution in [0.15, 0.2) is 0 Å². The third kappa shape index (κ3) is 13.9. The molecule has 0 atom stereocenters. The van der Waals surface area contributed by atoms with Crippen LogP contribution in [-0.2, 0) is 57.3 Å². The second kappa shape index (κ2) is 20.6. The Labute approximate surface area is 273 Å². The van der Waals surface area contributed by atoms with Crippen LogP contribution in [0.1, 0.15) is 126 Å². The van der Waals surface area contributed by atoms with E-state index >= 15 is 0 Å². The molecule has 0 aromatic heterocycles. The van der Waals surface area contributed by atoms with E-state index in [0.29, 0.717) is 6.42 Å². The summed E-state index contributed by atoms with van der Waals surface area (Å²) in [5, 5.41) is 0. The van der Waals surface area contributed by atoms with E-state index in [9.17, 15) is 38.4 Å². The molecule has 0 fully saturated rings. The fourth-order valence-corrected chi connectivity index (χ4v) is 5.33. The van der Waals surface area contributed by atoms with Gasteiger partial charge in [0.1, 0.15) is 23.1 Å². The molecule has 0 rings (SSSR count). The molecule has 0 N–H and O–H groups in total. The van der Waals surface area contributed by atoms with Gasteiger partial charge in [-0.05, 0) is 73.6 Å². The Bertz CT molecular complexity index is 984. The fourth-order valence-electron chi connectivity index (χ4n) is 5.33. The second-order valence-electron chi connectivity index (χ2n) is 12.2. The number of rotatable bonds is 25. The summed E-state index contributed by atoms with van der Waals surface area (Å²) in [6, 6.07) is 0. The van der Waals surface area contributed by atoms with Crippen molar-refractivity contribution in [2.24, 2.45) is 16.2 Å². The van der Waals surface area contributed by atoms with Gasteiger partial charge in [-0.3, -0.25) is 38.4 Å². The van der Waals surface area contributed by atoms with Crippen LogP contribution in [0.5, 0.6) is 0 Å². The van der Waals surface area contributed by atoms with E-state index in [1.54, 1.807) is 20.8 Å². The van der Waals surface area contributed by atoms with Gasteiger partial charge in [-0.15, -0.1) is 0 Å². The number of ether oxygens (including phenoxy) is 4. The van der Waals surface area contributed by atoms with Crippen molar-refractivity contribution < 1.29 is 57.3 Å². The zero-order chi connectivity index (χ0) is 35.6. The average Bonchev–Trinajstić information content (AvgIpc) is 2.98. The van der Waals surface area contributed by atoms with Crippen LogP contribution in [0, 0.1) is 16.2 Å². The van der Waals surface area contributed by atoms with E-state index in [1.807, 2.05) is 6.92 Å². The Hall–Kier alpha value is -3.44. The van der Waals surface area contributed by atoms with Crippen molar-refractivity contribution in [3.8, 4) is 0 Å². The Kier molecular flexibility index (Phi) is 19.1. The third-order valence-corrected chi connectivity index (χ3v) is 8.63. The summed E-state index contributed by atoms with van der Waals surface area (Å²) in [6.07, 6.45) is 0.963. The summed E-state index contributed by atoms with van der Waals surface area (Å²) < 4.78 is 20.9. The molecule has 0 spiro atoms. The molecule has 0 aliphatic carbocycles. The standard InChI is InChI=1S/C34H54O12/c1-9-12-17-32(8,22-45-30(41)15-20-33(24(4)35,25(5)36)18-13-28(39)43-10-2)23-46-31(42)16-21-34(26(6)37,27(7)38)19-14-29(40)44-11-3/h9-23H2,1-8H3. The van der Waals surface area contributed by atoms with E-state index in [4.69, 9.17) is 18.9 Å². The van der Waals surface area contributed by atoms with Crippen molar-refractivity contribution in [2.75, 3.05) is 26.4 Å². The van der Waals surface area contributed by atoms with Gasteiger partial charge in [0, 0.05) is 31.1 Å². The number of unbranched alkanes of at least 4 members (excludes halogenated alkanes) is 1. The van der Waals surface area contributed by atoms with Gasteiger partial charge < -0.3 is 18.9 Å². The van der Waals surface area contributed by atoms with Gasteiger partial charge in [0.15, 0.2) is 0 Å². The van der Waals surface area contributed by atoms with E-state index in [-0.39, 0.29) is 77.8 Å². The van der Waals surface area contributed by atoms with Crippen LogP contribution in [0.4, 0.5) is 0 Å². The summed E-state index contributed by atoms with van der Waals surface area (Å²) in [4.78, 5) is 99.4. The maximum Gasteiger partial charge on any atom is 0.305 e. The number of esters is 4. The largest absolute Gasteiger partial charge is 0.466 e. The van der Waals surface area contributed by atoms with Crippen LogP contribution in [0.2, 0.25) is 0 Å². The minimum absolute atomic E-state index is 0.0781. The number of hydrogen-bond acceptors (Lipinski definition) is 12. The predicted molar refractivity (Wildman–Crippen MR) is 167 cm³/mol. The van der Waals surface area contributed by atoms with Crippen LogP contribution >= 0.6 is 0 Å². The minimum Gasteiger partial charge on any atom is -0.466 e. The topological polar surface area (TPSA) is 173 Å². The first-order valence-electron chi connectivity index (χ1n) is 16.1. The molecular weight excluding hydrogens is 600 g/mol.